The van der Waals surface area contributed by atoms with Crippen molar-refractivity contribution >= 4 is 0 Å². The van der Waals surface area contributed by atoms with Crippen molar-refractivity contribution in [1.82, 2.24) is 5.32 Å². The van der Waals surface area contributed by atoms with Gasteiger partial charge in [-0.25, -0.2) is 0 Å². The van der Waals surface area contributed by atoms with Crippen LogP contribution in [0.15, 0.2) is 18.2 Å². The largest absolute Gasteiger partial charge is 0.493 e. The fraction of sp³-hybridized carbons (Fsp3) is 0.600. The molecule has 18 heavy (non-hydrogen) atoms. The minimum Gasteiger partial charge on any atom is -0.493 e. The van der Waals surface area contributed by atoms with Crippen LogP contribution in [-0.2, 0) is 6.42 Å². The second kappa shape index (κ2) is 6.64. The van der Waals surface area contributed by atoms with Crippen LogP contribution < -0.4 is 14.8 Å². The molecule has 0 unspecified atom stereocenters. The van der Waals surface area contributed by atoms with Gasteiger partial charge in [-0.2, -0.15) is 0 Å². The van der Waals surface area contributed by atoms with Crippen LogP contribution in [0.3, 0.4) is 0 Å². The van der Waals surface area contributed by atoms with Gasteiger partial charge in [0.25, 0.3) is 0 Å². The summed E-state index contributed by atoms with van der Waals surface area (Å²) >= 11 is 0. The molecule has 3 heteroatoms. The van der Waals surface area contributed by atoms with E-state index in [1.54, 1.807) is 14.2 Å². The van der Waals surface area contributed by atoms with Gasteiger partial charge in [0, 0.05) is 5.54 Å². The van der Waals surface area contributed by atoms with E-state index in [9.17, 15) is 0 Å². The van der Waals surface area contributed by atoms with E-state index in [0.717, 1.165) is 30.9 Å². The number of aryl methyl sites for hydroxylation is 1. The zero-order valence-electron chi connectivity index (χ0n) is 12.2. The Morgan fingerprint density at radius 3 is 2.28 bits per heavy atom. The molecule has 0 spiro atoms. The number of nitrogens with one attached hydrogen (secondary N) is 1. The molecule has 0 radical (unpaired) electrons. The Hall–Kier alpha value is -1.22. The lowest BCUT2D eigenvalue weighted by Crippen LogP contribution is -2.36. The van der Waals surface area contributed by atoms with Gasteiger partial charge in [0.1, 0.15) is 0 Å². The molecule has 1 aromatic rings. The van der Waals surface area contributed by atoms with Gasteiger partial charge >= 0.3 is 0 Å². The number of methoxy groups -OCH3 is 2. The smallest absolute Gasteiger partial charge is 0.160 e. The Labute approximate surface area is 110 Å². The van der Waals surface area contributed by atoms with E-state index in [-0.39, 0.29) is 5.54 Å². The lowest BCUT2D eigenvalue weighted by atomic mass is 10.1. The monoisotopic (exact) mass is 251 g/mol. The highest BCUT2D eigenvalue weighted by Gasteiger charge is 2.08. The van der Waals surface area contributed by atoms with Gasteiger partial charge in [-0.15, -0.1) is 0 Å². The third-order valence-electron chi connectivity index (χ3n) is 2.75. The standard InChI is InChI=1S/C15H25NO2/c1-15(2,3)16-10-6-7-12-8-9-13(17-4)14(11-12)18-5/h8-9,11,16H,6-7,10H2,1-5H3. The van der Waals surface area contributed by atoms with Crippen LogP contribution in [0.2, 0.25) is 0 Å². The van der Waals surface area contributed by atoms with Gasteiger partial charge in [-0.1, -0.05) is 6.07 Å². The molecule has 0 bridgehead atoms. The van der Waals surface area contributed by atoms with E-state index in [1.807, 2.05) is 6.07 Å². The topological polar surface area (TPSA) is 30.5 Å². The molecule has 0 aliphatic heterocycles. The summed E-state index contributed by atoms with van der Waals surface area (Å²) in [7, 11) is 3.33. The second-order valence-corrected chi connectivity index (χ2v) is 5.47. The second-order valence-electron chi connectivity index (χ2n) is 5.47. The van der Waals surface area contributed by atoms with Crippen LogP contribution >= 0.6 is 0 Å². The van der Waals surface area contributed by atoms with E-state index < -0.39 is 0 Å². The molecule has 1 rings (SSSR count). The Morgan fingerprint density at radius 2 is 1.72 bits per heavy atom. The van der Waals surface area contributed by atoms with Crippen molar-refractivity contribution in [3.05, 3.63) is 23.8 Å². The van der Waals surface area contributed by atoms with E-state index in [2.05, 4.69) is 38.2 Å². The average Bonchev–Trinajstić information content (AvgIpc) is 2.33. The first kappa shape index (κ1) is 14.8. The third-order valence-corrected chi connectivity index (χ3v) is 2.75. The third kappa shape index (κ3) is 4.96. The van der Waals surface area contributed by atoms with Crippen LogP contribution in [0.5, 0.6) is 11.5 Å². The van der Waals surface area contributed by atoms with E-state index in [0.29, 0.717) is 0 Å². The SMILES string of the molecule is COc1ccc(CCCNC(C)(C)C)cc1OC. The van der Waals surface area contributed by atoms with Gasteiger partial charge in [-0.3, -0.25) is 0 Å². The number of hydrogen-bond donors (Lipinski definition) is 1. The van der Waals surface area contributed by atoms with Crippen molar-refractivity contribution in [1.29, 1.82) is 0 Å². The molecule has 0 saturated heterocycles. The van der Waals surface area contributed by atoms with Crippen LogP contribution in [-0.4, -0.2) is 26.3 Å². The van der Waals surface area contributed by atoms with Crippen molar-refractivity contribution in [2.75, 3.05) is 20.8 Å². The molecule has 102 valence electrons. The molecule has 0 saturated carbocycles. The minimum atomic E-state index is 0.192. The summed E-state index contributed by atoms with van der Waals surface area (Å²) in [4.78, 5) is 0. The van der Waals surface area contributed by atoms with Gasteiger partial charge in [-0.05, 0) is 57.9 Å². The van der Waals surface area contributed by atoms with Crippen LogP contribution in [0.4, 0.5) is 0 Å². The Balaban J connectivity index is 2.48. The molecule has 3 nitrogen and oxygen atoms in total. The Bertz CT molecular complexity index is 369. The highest BCUT2D eigenvalue weighted by Crippen LogP contribution is 2.27. The first-order chi connectivity index (χ1) is 8.46. The fourth-order valence-corrected chi connectivity index (χ4v) is 1.79. The van der Waals surface area contributed by atoms with Gasteiger partial charge in [0.15, 0.2) is 11.5 Å². The molecule has 0 aliphatic rings. The van der Waals surface area contributed by atoms with E-state index in [1.165, 1.54) is 5.56 Å². The van der Waals surface area contributed by atoms with Crippen molar-refractivity contribution in [2.45, 2.75) is 39.2 Å². The molecule has 1 aromatic carbocycles. The first-order valence-electron chi connectivity index (χ1n) is 6.42. The van der Waals surface area contributed by atoms with Crippen LogP contribution in [0.25, 0.3) is 0 Å². The Kier molecular flexibility index (Phi) is 5.48. The molecular weight excluding hydrogens is 226 g/mol. The molecule has 0 atom stereocenters. The van der Waals surface area contributed by atoms with Crippen molar-refractivity contribution < 1.29 is 9.47 Å². The van der Waals surface area contributed by atoms with Crippen molar-refractivity contribution in [2.24, 2.45) is 0 Å². The van der Waals surface area contributed by atoms with Gasteiger partial charge in [0.2, 0.25) is 0 Å². The number of rotatable bonds is 6. The van der Waals surface area contributed by atoms with Crippen LogP contribution in [0, 0.1) is 0 Å². The summed E-state index contributed by atoms with van der Waals surface area (Å²) in [6, 6.07) is 6.11. The Morgan fingerprint density at radius 1 is 1.06 bits per heavy atom. The maximum atomic E-state index is 5.30. The summed E-state index contributed by atoms with van der Waals surface area (Å²) in [6.45, 7) is 7.58. The molecule has 0 fully saturated rings. The highest BCUT2D eigenvalue weighted by molar-refractivity contribution is 5.42. The molecule has 0 heterocycles. The minimum absolute atomic E-state index is 0.192. The average molecular weight is 251 g/mol. The van der Waals surface area contributed by atoms with Gasteiger partial charge in [0.05, 0.1) is 14.2 Å². The number of hydrogen-bond acceptors (Lipinski definition) is 3. The number of ether oxygens (including phenoxy) is 2. The predicted molar refractivity (Wildman–Crippen MR) is 75.6 cm³/mol. The number of benzene rings is 1. The maximum absolute atomic E-state index is 5.30. The van der Waals surface area contributed by atoms with E-state index >= 15 is 0 Å². The summed E-state index contributed by atoms with van der Waals surface area (Å²) < 4.78 is 10.5. The zero-order chi connectivity index (χ0) is 13.6. The summed E-state index contributed by atoms with van der Waals surface area (Å²) in [5.74, 6) is 1.59. The van der Waals surface area contributed by atoms with Gasteiger partial charge < -0.3 is 14.8 Å². The predicted octanol–water partition coefficient (Wildman–Crippen LogP) is 3.02. The lowest BCUT2D eigenvalue weighted by molar-refractivity contribution is 0.354. The van der Waals surface area contributed by atoms with Crippen molar-refractivity contribution in [3.63, 3.8) is 0 Å². The normalized spacial score (nSPS) is 11.4. The lowest BCUT2D eigenvalue weighted by Gasteiger charge is -2.20. The first-order valence-corrected chi connectivity index (χ1v) is 6.42. The molecule has 0 aromatic heterocycles. The molecule has 0 amide bonds. The molecular formula is C15H25NO2. The molecule has 1 N–H and O–H groups in total. The van der Waals surface area contributed by atoms with Crippen LogP contribution in [0.1, 0.15) is 32.8 Å². The highest BCUT2D eigenvalue weighted by atomic mass is 16.5. The van der Waals surface area contributed by atoms with Crippen molar-refractivity contribution in [3.8, 4) is 11.5 Å². The summed E-state index contributed by atoms with van der Waals surface area (Å²) in [5, 5.41) is 3.49. The summed E-state index contributed by atoms with van der Waals surface area (Å²) in [5.41, 5.74) is 1.47. The van der Waals surface area contributed by atoms with E-state index in [4.69, 9.17) is 9.47 Å². The zero-order valence-corrected chi connectivity index (χ0v) is 12.2. The fourth-order valence-electron chi connectivity index (χ4n) is 1.79. The quantitative estimate of drug-likeness (QED) is 0.788. The maximum Gasteiger partial charge on any atom is 0.160 e. The molecule has 0 aliphatic carbocycles. The summed E-state index contributed by atoms with van der Waals surface area (Å²) in [6.07, 6.45) is 2.16.